The molecule has 1 unspecified atom stereocenters. The molecular formula is C19H22ClN3O. The average Bonchev–Trinajstić information content (AvgIpc) is 2.63. The lowest BCUT2D eigenvalue weighted by Crippen LogP contribution is -2.42. The highest BCUT2D eigenvalue weighted by Crippen LogP contribution is 2.19. The Morgan fingerprint density at radius 1 is 1.25 bits per heavy atom. The summed E-state index contributed by atoms with van der Waals surface area (Å²) >= 11 is 5.93. The summed E-state index contributed by atoms with van der Waals surface area (Å²) in [7, 11) is 0. The first-order chi connectivity index (χ1) is 11.7. The number of rotatable bonds is 5. The molecule has 1 aliphatic heterocycles. The lowest BCUT2D eigenvalue weighted by atomic mass is 9.96. The van der Waals surface area contributed by atoms with Crippen LogP contribution in [0, 0.1) is 5.92 Å². The van der Waals surface area contributed by atoms with Crippen molar-refractivity contribution in [3.05, 3.63) is 64.9 Å². The zero-order valence-corrected chi connectivity index (χ0v) is 14.4. The summed E-state index contributed by atoms with van der Waals surface area (Å²) in [5.41, 5.74) is 2.12. The van der Waals surface area contributed by atoms with Crippen LogP contribution in [0.2, 0.25) is 5.02 Å². The number of hydrogen-bond acceptors (Lipinski definition) is 3. The van der Waals surface area contributed by atoms with Gasteiger partial charge in [-0.15, -0.1) is 0 Å². The molecule has 2 heterocycles. The molecule has 2 aromatic rings. The molecule has 126 valence electrons. The van der Waals surface area contributed by atoms with Gasteiger partial charge in [-0.3, -0.25) is 14.7 Å². The molecule has 1 amide bonds. The van der Waals surface area contributed by atoms with Crippen LogP contribution in [0.25, 0.3) is 0 Å². The second-order valence-corrected chi connectivity index (χ2v) is 6.68. The Balaban J connectivity index is 1.51. The molecule has 0 radical (unpaired) electrons. The van der Waals surface area contributed by atoms with Gasteiger partial charge in [-0.05, 0) is 49.2 Å². The van der Waals surface area contributed by atoms with E-state index in [0.29, 0.717) is 6.54 Å². The third kappa shape index (κ3) is 4.79. The van der Waals surface area contributed by atoms with Gasteiger partial charge >= 0.3 is 0 Å². The summed E-state index contributed by atoms with van der Waals surface area (Å²) in [6.07, 6.45) is 3.75. The number of benzene rings is 1. The molecule has 0 saturated carbocycles. The van der Waals surface area contributed by atoms with Crippen molar-refractivity contribution < 1.29 is 4.79 Å². The largest absolute Gasteiger partial charge is 0.350 e. The monoisotopic (exact) mass is 343 g/mol. The molecule has 1 fully saturated rings. The molecule has 1 aromatic heterocycles. The molecule has 0 aliphatic carbocycles. The molecule has 1 saturated heterocycles. The molecule has 4 nitrogen and oxygen atoms in total. The topological polar surface area (TPSA) is 45.2 Å². The lowest BCUT2D eigenvalue weighted by molar-refractivity contribution is -0.127. The number of carbonyl (C=O) groups is 1. The van der Waals surface area contributed by atoms with E-state index in [1.54, 1.807) is 6.20 Å². The van der Waals surface area contributed by atoms with Gasteiger partial charge in [0.2, 0.25) is 5.91 Å². The molecule has 24 heavy (non-hydrogen) atoms. The molecule has 1 N–H and O–H groups in total. The number of carbonyl (C=O) groups excluding carboxylic acids is 1. The zero-order chi connectivity index (χ0) is 16.8. The Bertz CT molecular complexity index is 660. The van der Waals surface area contributed by atoms with Gasteiger partial charge < -0.3 is 5.32 Å². The number of halogens is 1. The summed E-state index contributed by atoms with van der Waals surface area (Å²) in [6.45, 7) is 3.19. The van der Waals surface area contributed by atoms with Crippen molar-refractivity contribution in [1.82, 2.24) is 15.2 Å². The summed E-state index contributed by atoms with van der Waals surface area (Å²) in [4.78, 5) is 19.0. The minimum Gasteiger partial charge on any atom is -0.350 e. The summed E-state index contributed by atoms with van der Waals surface area (Å²) in [5, 5.41) is 3.77. The van der Waals surface area contributed by atoms with Gasteiger partial charge in [0, 0.05) is 24.3 Å². The van der Waals surface area contributed by atoms with Gasteiger partial charge in [0.15, 0.2) is 0 Å². The summed E-state index contributed by atoms with van der Waals surface area (Å²) in [5.74, 6) is 0.177. The van der Waals surface area contributed by atoms with E-state index in [1.165, 1.54) is 5.56 Å². The average molecular weight is 344 g/mol. The predicted octanol–water partition coefficient (Wildman–Crippen LogP) is 3.26. The first kappa shape index (κ1) is 16.9. The normalized spacial score (nSPS) is 18.3. The fourth-order valence-corrected chi connectivity index (χ4v) is 3.21. The van der Waals surface area contributed by atoms with Crippen LogP contribution >= 0.6 is 11.6 Å². The van der Waals surface area contributed by atoms with E-state index in [-0.39, 0.29) is 11.8 Å². The van der Waals surface area contributed by atoms with E-state index >= 15 is 0 Å². The van der Waals surface area contributed by atoms with Crippen molar-refractivity contribution in [1.29, 1.82) is 0 Å². The molecular weight excluding hydrogens is 322 g/mol. The Morgan fingerprint density at radius 3 is 2.83 bits per heavy atom. The van der Waals surface area contributed by atoms with Gasteiger partial charge in [0.25, 0.3) is 0 Å². The first-order valence-corrected chi connectivity index (χ1v) is 8.73. The second kappa shape index (κ2) is 8.27. The third-order valence-corrected chi connectivity index (χ3v) is 4.62. The maximum absolute atomic E-state index is 12.4. The smallest absolute Gasteiger partial charge is 0.224 e. The fourth-order valence-electron chi connectivity index (χ4n) is 3.09. The molecule has 0 bridgehead atoms. The molecule has 5 heteroatoms. The van der Waals surface area contributed by atoms with Crippen molar-refractivity contribution in [2.75, 3.05) is 13.1 Å². The highest BCUT2D eigenvalue weighted by molar-refractivity contribution is 6.30. The Morgan fingerprint density at radius 2 is 2.08 bits per heavy atom. The van der Waals surface area contributed by atoms with Gasteiger partial charge in [0.1, 0.15) is 0 Å². The van der Waals surface area contributed by atoms with Crippen molar-refractivity contribution >= 4 is 17.5 Å². The van der Waals surface area contributed by atoms with Crippen LogP contribution in [0.15, 0.2) is 48.7 Å². The number of amides is 1. The van der Waals surface area contributed by atoms with E-state index in [9.17, 15) is 4.79 Å². The Kier molecular flexibility index (Phi) is 5.83. The van der Waals surface area contributed by atoms with Crippen molar-refractivity contribution in [3.63, 3.8) is 0 Å². The van der Waals surface area contributed by atoms with E-state index in [0.717, 1.165) is 43.2 Å². The van der Waals surface area contributed by atoms with Crippen LogP contribution < -0.4 is 5.32 Å². The highest BCUT2D eigenvalue weighted by atomic mass is 35.5. The van der Waals surface area contributed by atoms with Crippen LogP contribution in [0.5, 0.6) is 0 Å². The van der Waals surface area contributed by atoms with E-state index in [2.05, 4.69) is 15.2 Å². The third-order valence-electron chi connectivity index (χ3n) is 4.37. The van der Waals surface area contributed by atoms with Gasteiger partial charge in [-0.2, -0.15) is 0 Å². The molecule has 1 aliphatic rings. The number of nitrogens with zero attached hydrogens (tertiary/aromatic N) is 2. The minimum atomic E-state index is 0.0507. The van der Waals surface area contributed by atoms with Crippen LogP contribution in [0.3, 0.4) is 0 Å². The van der Waals surface area contributed by atoms with Crippen LogP contribution in [-0.4, -0.2) is 28.9 Å². The van der Waals surface area contributed by atoms with Crippen molar-refractivity contribution in [2.24, 2.45) is 5.92 Å². The molecule has 3 rings (SSSR count). The van der Waals surface area contributed by atoms with Crippen molar-refractivity contribution in [2.45, 2.75) is 25.9 Å². The molecule has 1 atom stereocenters. The van der Waals surface area contributed by atoms with E-state index in [4.69, 9.17) is 11.6 Å². The number of likely N-dealkylation sites (tertiary alicyclic amines) is 1. The number of hydrogen-bond donors (Lipinski definition) is 1. The summed E-state index contributed by atoms with van der Waals surface area (Å²) < 4.78 is 0. The predicted molar refractivity (Wildman–Crippen MR) is 95.5 cm³/mol. The number of nitrogens with one attached hydrogen (secondary N) is 1. The standard InChI is InChI=1S/C19H22ClN3O/c20-17-8-6-15(7-9-17)13-23-11-3-4-16(14-23)19(24)22-12-18-5-1-2-10-21-18/h1-2,5-10,16H,3-4,11-14H2,(H,22,24). The minimum absolute atomic E-state index is 0.0507. The van der Waals surface area contributed by atoms with Gasteiger partial charge in [0.05, 0.1) is 18.2 Å². The van der Waals surface area contributed by atoms with E-state index < -0.39 is 0 Å². The van der Waals surface area contributed by atoms with Gasteiger partial charge in [-0.1, -0.05) is 29.8 Å². The lowest BCUT2D eigenvalue weighted by Gasteiger charge is -2.32. The van der Waals surface area contributed by atoms with E-state index in [1.807, 2.05) is 42.5 Å². The number of aromatic nitrogens is 1. The zero-order valence-electron chi connectivity index (χ0n) is 13.6. The SMILES string of the molecule is O=C(NCc1ccccn1)C1CCCN(Cc2ccc(Cl)cc2)C1. The Labute approximate surface area is 147 Å². The first-order valence-electron chi connectivity index (χ1n) is 8.35. The summed E-state index contributed by atoms with van der Waals surface area (Å²) in [6, 6.07) is 13.7. The number of pyridine rings is 1. The molecule has 0 spiro atoms. The quantitative estimate of drug-likeness (QED) is 0.906. The van der Waals surface area contributed by atoms with Crippen molar-refractivity contribution in [3.8, 4) is 0 Å². The van der Waals surface area contributed by atoms with Crippen LogP contribution in [0.4, 0.5) is 0 Å². The van der Waals surface area contributed by atoms with Gasteiger partial charge in [-0.25, -0.2) is 0 Å². The number of piperidine rings is 1. The maximum Gasteiger partial charge on any atom is 0.224 e. The second-order valence-electron chi connectivity index (χ2n) is 6.24. The molecule has 1 aromatic carbocycles. The maximum atomic E-state index is 12.4. The fraction of sp³-hybridized carbons (Fsp3) is 0.368. The van der Waals surface area contributed by atoms with Crippen LogP contribution in [0.1, 0.15) is 24.1 Å². The Hall–Kier alpha value is -1.91. The highest BCUT2D eigenvalue weighted by Gasteiger charge is 2.25. The van der Waals surface area contributed by atoms with Crippen LogP contribution in [-0.2, 0) is 17.9 Å².